The molecule has 1 aliphatic rings. The largest absolute Gasteiger partial charge is 0.465 e. The van der Waals surface area contributed by atoms with E-state index < -0.39 is 22.8 Å². The number of esters is 1. The number of fused-ring (bicyclic) bond motifs is 1. The second kappa shape index (κ2) is 7.24. The van der Waals surface area contributed by atoms with Crippen molar-refractivity contribution in [2.24, 2.45) is 0 Å². The maximum atomic E-state index is 12.6. The summed E-state index contributed by atoms with van der Waals surface area (Å²) >= 11 is 1.39. The number of aryl methyl sites for hydroxylation is 1. The lowest BCUT2D eigenvalue weighted by Gasteiger charge is -2.13. The molecule has 0 saturated heterocycles. The van der Waals surface area contributed by atoms with E-state index >= 15 is 0 Å². The van der Waals surface area contributed by atoms with Crippen LogP contribution >= 0.6 is 11.3 Å². The summed E-state index contributed by atoms with van der Waals surface area (Å²) in [5.74, 6) is -0.881. The first-order valence-corrected chi connectivity index (χ1v) is 8.96. The van der Waals surface area contributed by atoms with Crippen LogP contribution in [0.2, 0.25) is 0 Å². The lowest BCUT2D eigenvalue weighted by molar-refractivity contribution is -0.385. The fourth-order valence-corrected chi connectivity index (χ4v) is 4.22. The Balaban J connectivity index is 1.85. The number of rotatable bonds is 5. The molecule has 2 aromatic heterocycles. The Morgan fingerprint density at radius 2 is 2.15 bits per heavy atom. The minimum absolute atomic E-state index is 0.188. The van der Waals surface area contributed by atoms with Gasteiger partial charge >= 0.3 is 11.7 Å². The molecule has 9 nitrogen and oxygen atoms in total. The van der Waals surface area contributed by atoms with Gasteiger partial charge in [0, 0.05) is 4.88 Å². The first kappa shape index (κ1) is 18.1. The first-order chi connectivity index (χ1) is 12.4. The summed E-state index contributed by atoms with van der Waals surface area (Å²) in [6, 6.07) is -0.770. The highest BCUT2D eigenvalue weighted by Crippen LogP contribution is 2.38. The lowest BCUT2D eigenvalue weighted by atomic mass is 9.95. The SMILES string of the molecule is COC(=O)c1c(NC(=O)[C@@H](C)n2cc([N+](=O)[O-])cn2)sc2c1CCCC2. The van der Waals surface area contributed by atoms with Crippen molar-refractivity contribution >= 4 is 33.9 Å². The number of nitro groups is 1. The number of nitrogens with zero attached hydrogens (tertiary/aromatic N) is 3. The number of thiophene rings is 1. The van der Waals surface area contributed by atoms with Gasteiger partial charge in [0.1, 0.15) is 23.4 Å². The monoisotopic (exact) mass is 378 g/mol. The Morgan fingerprint density at radius 3 is 2.81 bits per heavy atom. The molecule has 3 rings (SSSR count). The average molecular weight is 378 g/mol. The van der Waals surface area contributed by atoms with E-state index in [0.717, 1.165) is 42.3 Å². The Labute approximate surface area is 153 Å². The summed E-state index contributed by atoms with van der Waals surface area (Å²) in [6.07, 6.45) is 6.00. The molecule has 1 amide bonds. The molecule has 0 unspecified atom stereocenters. The van der Waals surface area contributed by atoms with E-state index in [1.807, 2.05) is 0 Å². The van der Waals surface area contributed by atoms with Crippen LogP contribution in [0.1, 0.15) is 46.6 Å². The molecule has 0 aliphatic heterocycles. The molecule has 26 heavy (non-hydrogen) atoms. The van der Waals surface area contributed by atoms with E-state index in [-0.39, 0.29) is 5.69 Å². The van der Waals surface area contributed by atoms with Gasteiger partial charge in [0.2, 0.25) is 5.91 Å². The zero-order chi connectivity index (χ0) is 18.8. The average Bonchev–Trinajstić information content (AvgIpc) is 3.25. The van der Waals surface area contributed by atoms with Crippen molar-refractivity contribution in [2.45, 2.75) is 38.6 Å². The van der Waals surface area contributed by atoms with Gasteiger partial charge in [-0.05, 0) is 38.2 Å². The predicted molar refractivity (Wildman–Crippen MR) is 94.5 cm³/mol. The molecule has 1 atom stereocenters. The van der Waals surface area contributed by atoms with E-state index in [4.69, 9.17) is 4.74 Å². The van der Waals surface area contributed by atoms with Crippen LogP contribution in [0.4, 0.5) is 10.7 Å². The molecular weight excluding hydrogens is 360 g/mol. The van der Waals surface area contributed by atoms with Crippen LogP contribution in [-0.2, 0) is 22.4 Å². The first-order valence-electron chi connectivity index (χ1n) is 8.14. The number of hydrogen-bond acceptors (Lipinski definition) is 7. The minimum Gasteiger partial charge on any atom is -0.465 e. The summed E-state index contributed by atoms with van der Waals surface area (Å²) in [4.78, 5) is 36.1. The highest BCUT2D eigenvalue weighted by Gasteiger charge is 2.28. The summed E-state index contributed by atoms with van der Waals surface area (Å²) in [7, 11) is 1.31. The normalized spacial score (nSPS) is 14.4. The fraction of sp³-hybridized carbons (Fsp3) is 0.438. The number of carbonyl (C=O) groups excluding carboxylic acids is 2. The molecule has 2 heterocycles. The Kier molecular flexibility index (Phi) is 5.03. The summed E-state index contributed by atoms with van der Waals surface area (Å²) in [6.45, 7) is 1.58. The van der Waals surface area contributed by atoms with Crippen LogP contribution in [0, 0.1) is 10.1 Å². The molecule has 0 fully saturated rings. The smallest absolute Gasteiger partial charge is 0.341 e. The molecule has 0 radical (unpaired) electrons. The topological polar surface area (TPSA) is 116 Å². The summed E-state index contributed by atoms with van der Waals surface area (Å²) in [5, 5.41) is 17.9. The van der Waals surface area contributed by atoms with E-state index in [2.05, 4.69) is 10.4 Å². The van der Waals surface area contributed by atoms with E-state index in [0.29, 0.717) is 10.6 Å². The van der Waals surface area contributed by atoms with Crippen LogP contribution < -0.4 is 5.32 Å². The van der Waals surface area contributed by atoms with Gasteiger partial charge in [0.05, 0.1) is 17.6 Å². The number of aromatic nitrogens is 2. The van der Waals surface area contributed by atoms with Crippen molar-refractivity contribution in [3.8, 4) is 0 Å². The number of ether oxygens (including phenoxy) is 1. The van der Waals surface area contributed by atoms with Crippen LogP contribution in [0.15, 0.2) is 12.4 Å². The third kappa shape index (κ3) is 3.32. The van der Waals surface area contributed by atoms with Crippen molar-refractivity contribution < 1.29 is 19.2 Å². The summed E-state index contributed by atoms with van der Waals surface area (Å²) < 4.78 is 6.10. The minimum atomic E-state index is -0.770. The molecule has 0 aromatic carbocycles. The van der Waals surface area contributed by atoms with Crippen LogP contribution in [0.5, 0.6) is 0 Å². The van der Waals surface area contributed by atoms with E-state index in [1.165, 1.54) is 29.3 Å². The number of nitrogens with one attached hydrogen (secondary N) is 1. The second-order valence-corrected chi connectivity index (χ2v) is 7.11. The van der Waals surface area contributed by atoms with Gasteiger partial charge in [-0.3, -0.25) is 19.6 Å². The van der Waals surface area contributed by atoms with Crippen molar-refractivity contribution in [1.29, 1.82) is 0 Å². The third-order valence-corrected chi connectivity index (χ3v) is 5.58. The zero-order valence-electron chi connectivity index (χ0n) is 14.4. The van der Waals surface area contributed by atoms with Gasteiger partial charge in [0.25, 0.3) is 0 Å². The van der Waals surface area contributed by atoms with Gasteiger partial charge in [-0.1, -0.05) is 0 Å². The van der Waals surface area contributed by atoms with Gasteiger partial charge in [0.15, 0.2) is 0 Å². The zero-order valence-corrected chi connectivity index (χ0v) is 15.2. The number of hydrogen-bond donors (Lipinski definition) is 1. The van der Waals surface area contributed by atoms with Crippen molar-refractivity contribution in [1.82, 2.24) is 9.78 Å². The van der Waals surface area contributed by atoms with Gasteiger partial charge < -0.3 is 10.1 Å². The molecular formula is C16H18N4O5S. The Hall–Kier alpha value is -2.75. The third-order valence-electron chi connectivity index (χ3n) is 4.37. The predicted octanol–water partition coefficient (Wildman–Crippen LogP) is 2.72. The number of anilines is 1. The number of carbonyl (C=O) groups is 2. The molecule has 10 heteroatoms. The number of amides is 1. The van der Waals surface area contributed by atoms with E-state index in [1.54, 1.807) is 6.92 Å². The Bertz CT molecular complexity index is 872. The van der Waals surface area contributed by atoms with Crippen LogP contribution in [-0.4, -0.2) is 33.7 Å². The van der Waals surface area contributed by atoms with Crippen LogP contribution in [0.25, 0.3) is 0 Å². The number of methoxy groups -OCH3 is 1. The quantitative estimate of drug-likeness (QED) is 0.486. The van der Waals surface area contributed by atoms with Gasteiger partial charge in [-0.2, -0.15) is 5.10 Å². The van der Waals surface area contributed by atoms with Gasteiger partial charge in [-0.25, -0.2) is 4.79 Å². The van der Waals surface area contributed by atoms with Crippen molar-refractivity contribution in [2.75, 3.05) is 12.4 Å². The maximum Gasteiger partial charge on any atom is 0.341 e. The summed E-state index contributed by atoms with van der Waals surface area (Å²) in [5.41, 5.74) is 1.18. The second-order valence-electron chi connectivity index (χ2n) is 6.01. The Morgan fingerprint density at radius 1 is 1.42 bits per heavy atom. The molecule has 1 aliphatic carbocycles. The van der Waals surface area contributed by atoms with Crippen molar-refractivity contribution in [3.05, 3.63) is 38.5 Å². The molecule has 2 aromatic rings. The fourth-order valence-electron chi connectivity index (χ4n) is 2.94. The van der Waals surface area contributed by atoms with Crippen molar-refractivity contribution in [3.63, 3.8) is 0 Å². The van der Waals surface area contributed by atoms with Crippen LogP contribution in [0.3, 0.4) is 0 Å². The lowest BCUT2D eigenvalue weighted by Crippen LogP contribution is -2.24. The maximum absolute atomic E-state index is 12.6. The van der Waals surface area contributed by atoms with E-state index in [9.17, 15) is 19.7 Å². The molecule has 0 bridgehead atoms. The molecule has 0 spiro atoms. The highest BCUT2D eigenvalue weighted by atomic mass is 32.1. The molecule has 1 N–H and O–H groups in total. The standard InChI is InChI=1S/C16H18N4O5S/c1-9(19-8-10(7-17-19)20(23)24)14(21)18-15-13(16(22)25-2)11-5-3-4-6-12(11)26-15/h7-9H,3-6H2,1-2H3,(H,18,21)/t9-/m1/s1. The molecule has 138 valence electrons. The highest BCUT2D eigenvalue weighted by molar-refractivity contribution is 7.17. The van der Waals surface area contributed by atoms with Gasteiger partial charge in [-0.15, -0.1) is 11.3 Å². The molecule has 0 saturated carbocycles.